The number of nitrogens with zero attached hydrogens (tertiary/aromatic N) is 3. The normalized spacial score (nSPS) is 13.8. The van der Waals surface area contributed by atoms with Crippen LogP contribution < -0.4 is 9.47 Å². The Labute approximate surface area is 166 Å². The standard InChI is InChI=1S/C21H29N3O4/c1-4-5-10-24(21(25)15-7-6-8-15)11-9-19-22-20(23-28-19)16-12-17(26-2)14-18(13-16)27-3/h12-15H,4-11H2,1-3H3. The van der Waals surface area contributed by atoms with Gasteiger partial charge in [-0.1, -0.05) is 24.9 Å². The van der Waals surface area contributed by atoms with Gasteiger partial charge in [0.15, 0.2) is 0 Å². The molecule has 0 unspecified atom stereocenters. The zero-order valence-electron chi connectivity index (χ0n) is 16.9. The predicted molar refractivity (Wildman–Crippen MR) is 105 cm³/mol. The fourth-order valence-corrected chi connectivity index (χ4v) is 3.24. The van der Waals surface area contributed by atoms with E-state index in [1.807, 2.05) is 17.0 Å². The molecule has 1 heterocycles. The van der Waals surface area contributed by atoms with Gasteiger partial charge in [-0.2, -0.15) is 4.98 Å². The van der Waals surface area contributed by atoms with E-state index < -0.39 is 0 Å². The lowest BCUT2D eigenvalue weighted by Gasteiger charge is -2.31. The molecule has 2 aromatic rings. The summed E-state index contributed by atoms with van der Waals surface area (Å²) in [4.78, 5) is 19.1. The number of unbranched alkanes of at least 4 members (excludes halogenated alkanes) is 1. The third-order valence-corrected chi connectivity index (χ3v) is 5.22. The van der Waals surface area contributed by atoms with Gasteiger partial charge in [-0.3, -0.25) is 4.79 Å². The molecule has 7 heteroatoms. The van der Waals surface area contributed by atoms with Crippen molar-refractivity contribution in [3.63, 3.8) is 0 Å². The lowest BCUT2D eigenvalue weighted by atomic mass is 9.84. The first-order chi connectivity index (χ1) is 13.6. The highest BCUT2D eigenvalue weighted by atomic mass is 16.5. The molecule has 0 aliphatic heterocycles. The van der Waals surface area contributed by atoms with E-state index in [0.717, 1.165) is 44.2 Å². The maximum absolute atomic E-state index is 12.7. The number of rotatable bonds is 10. The number of aromatic nitrogens is 2. The molecule has 0 atom stereocenters. The van der Waals surface area contributed by atoms with Gasteiger partial charge in [0.1, 0.15) is 11.5 Å². The Hall–Kier alpha value is -2.57. The number of ether oxygens (including phenoxy) is 2. The zero-order valence-corrected chi connectivity index (χ0v) is 16.9. The van der Waals surface area contributed by atoms with Gasteiger partial charge in [0.2, 0.25) is 17.6 Å². The second kappa shape index (κ2) is 9.57. The van der Waals surface area contributed by atoms with E-state index >= 15 is 0 Å². The fraction of sp³-hybridized carbons (Fsp3) is 0.571. The van der Waals surface area contributed by atoms with Crippen molar-refractivity contribution in [2.45, 2.75) is 45.4 Å². The number of hydrogen-bond acceptors (Lipinski definition) is 6. The van der Waals surface area contributed by atoms with Gasteiger partial charge < -0.3 is 18.9 Å². The Morgan fingerprint density at radius 1 is 1.18 bits per heavy atom. The average Bonchev–Trinajstić information content (AvgIpc) is 3.15. The van der Waals surface area contributed by atoms with Gasteiger partial charge in [0, 0.05) is 37.1 Å². The summed E-state index contributed by atoms with van der Waals surface area (Å²) in [5.74, 6) is 2.82. The van der Waals surface area contributed by atoms with Crippen LogP contribution in [0.25, 0.3) is 11.4 Å². The quantitative estimate of drug-likeness (QED) is 0.618. The van der Waals surface area contributed by atoms with Crippen LogP contribution in [0.5, 0.6) is 11.5 Å². The highest BCUT2D eigenvalue weighted by Crippen LogP contribution is 2.29. The van der Waals surface area contributed by atoms with Crippen molar-refractivity contribution in [2.75, 3.05) is 27.3 Å². The predicted octanol–water partition coefficient (Wildman–Crippen LogP) is 3.73. The summed E-state index contributed by atoms with van der Waals surface area (Å²) in [7, 11) is 3.20. The summed E-state index contributed by atoms with van der Waals surface area (Å²) in [6.07, 6.45) is 5.83. The third-order valence-electron chi connectivity index (χ3n) is 5.22. The maximum atomic E-state index is 12.7. The van der Waals surface area contributed by atoms with Gasteiger partial charge in [-0.05, 0) is 31.4 Å². The van der Waals surface area contributed by atoms with E-state index in [1.54, 1.807) is 20.3 Å². The summed E-state index contributed by atoms with van der Waals surface area (Å²) in [5, 5.41) is 4.08. The molecule has 3 rings (SSSR count). The van der Waals surface area contributed by atoms with Gasteiger partial charge in [-0.15, -0.1) is 0 Å². The molecule has 0 saturated heterocycles. The first-order valence-electron chi connectivity index (χ1n) is 9.99. The summed E-state index contributed by atoms with van der Waals surface area (Å²) in [6, 6.07) is 5.47. The van der Waals surface area contributed by atoms with Gasteiger partial charge in [0.25, 0.3) is 0 Å². The number of hydrogen-bond donors (Lipinski definition) is 0. The first-order valence-corrected chi connectivity index (χ1v) is 9.99. The van der Waals surface area contributed by atoms with Crippen LogP contribution in [0.1, 0.15) is 44.9 Å². The van der Waals surface area contributed by atoms with Crippen LogP contribution in [0.15, 0.2) is 22.7 Å². The van der Waals surface area contributed by atoms with E-state index in [1.165, 1.54) is 0 Å². The number of carbonyl (C=O) groups excluding carboxylic acids is 1. The molecular formula is C21H29N3O4. The molecule has 0 bridgehead atoms. The highest BCUT2D eigenvalue weighted by molar-refractivity contribution is 5.79. The molecule has 1 amide bonds. The SMILES string of the molecule is CCCCN(CCc1nc(-c2cc(OC)cc(OC)c2)no1)C(=O)C1CCC1. The number of benzene rings is 1. The Morgan fingerprint density at radius 3 is 2.46 bits per heavy atom. The van der Waals surface area contributed by atoms with Crippen molar-refractivity contribution in [3.8, 4) is 22.9 Å². The lowest BCUT2D eigenvalue weighted by molar-refractivity contribution is -0.138. The molecule has 1 aromatic heterocycles. The largest absolute Gasteiger partial charge is 0.497 e. The summed E-state index contributed by atoms with van der Waals surface area (Å²) in [6.45, 7) is 3.54. The minimum atomic E-state index is 0.208. The Morgan fingerprint density at radius 2 is 1.89 bits per heavy atom. The molecule has 28 heavy (non-hydrogen) atoms. The average molecular weight is 387 g/mol. The van der Waals surface area contributed by atoms with Crippen LogP contribution in [0.4, 0.5) is 0 Å². The molecule has 1 saturated carbocycles. The fourth-order valence-electron chi connectivity index (χ4n) is 3.24. The number of amides is 1. The third kappa shape index (κ3) is 4.82. The monoisotopic (exact) mass is 387 g/mol. The molecule has 1 aliphatic rings. The van der Waals surface area contributed by atoms with Crippen molar-refractivity contribution in [1.29, 1.82) is 0 Å². The Kier molecular flexibility index (Phi) is 6.90. The minimum absolute atomic E-state index is 0.208. The van der Waals surface area contributed by atoms with Crippen LogP contribution >= 0.6 is 0 Å². The summed E-state index contributed by atoms with van der Waals surface area (Å²) >= 11 is 0. The van der Waals surface area contributed by atoms with Crippen molar-refractivity contribution < 1.29 is 18.8 Å². The number of carbonyl (C=O) groups is 1. The molecule has 0 spiro atoms. The van der Waals surface area contributed by atoms with Crippen LogP contribution in [0.2, 0.25) is 0 Å². The molecule has 1 aliphatic carbocycles. The number of methoxy groups -OCH3 is 2. The topological polar surface area (TPSA) is 77.7 Å². The summed E-state index contributed by atoms with van der Waals surface area (Å²) in [5.41, 5.74) is 0.764. The van der Waals surface area contributed by atoms with Gasteiger partial charge in [-0.25, -0.2) is 0 Å². The van der Waals surface area contributed by atoms with Crippen LogP contribution in [-0.2, 0) is 11.2 Å². The maximum Gasteiger partial charge on any atom is 0.228 e. The van der Waals surface area contributed by atoms with Gasteiger partial charge >= 0.3 is 0 Å². The van der Waals surface area contributed by atoms with E-state index in [2.05, 4.69) is 17.1 Å². The van der Waals surface area contributed by atoms with Crippen LogP contribution in [0, 0.1) is 5.92 Å². The Balaban J connectivity index is 1.66. The molecule has 7 nitrogen and oxygen atoms in total. The molecule has 1 fully saturated rings. The van der Waals surface area contributed by atoms with E-state index in [0.29, 0.717) is 36.2 Å². The first kappa shape index (κ1) is 20.2. The van der Waals surface area contributed by atoms with Crippen LogP contribution in [0.3, 0.4) is 0 Å². The van der Waals surface area contributed by atoms with Crippen LogP contribution in [-0.4, -0.2) is 48.3 Å². The van der Waals surface area contributed by atoms with Crippen molar-refractivity contribution in [2.24, 2.45) is 5.92 Å². The summed E-state index contributed by atoms with van der Waals surface area (Å²) < 4.78 is 16.0. The zero-order chi connectivity index (χ0) is 19.9. The minimum Gasteiger partial charge on any atom is -0.497 e. The van der Waals surface area contributed by atoms with E-state index in [4.69, 9.17) is 14.0 Å². The highest BCUT2D eigenvalue weighted by Gasteiger charge is 2.29. The smallest absolute Gasteiger partial charge is 0.228 e. The van der Waals surface area contributed by atoms with Gasteiger partial charge in [0.05, 0.1) is 14.2 Å². The van der Waals surface area contributed by atoms with E-state index in [-0.39, 0.29) is 11.8 Å². The van der Waals surface area contributed by atoms with Crippen molar-refractivity contribution in [1.82, 2.24) is 15.0 Å². The second-order valence-electron chi connectivity index (χ2n) is 7.17. The second-order valence-corrected chi connectivity index (χ2v) is 7.17. The molecule has 1 aromatic carbocycles. The van der Waals surface area contributed by atoms with Crippen molar-refractivity contribution in [3.05, 3.63) is 24.1 Å². The molecular weight excluding hydrogens is 358 g/mol. The lowest BCUT2D eigenvalue weighted by Crippen LogP contribution is -2.40. The molecule has 0 radical (unpaired) electrons. The van der Waals surface area contributed by atoms with Crippen molar-refractivity contribution >= 4 is 5.91 Å². The molecule has 0 N–H and O–H groups in total. The Bertz CT molecular complexity index is 763. The molecule has 152 valence electrons. The van der Waals surface area contributed by atoms with E-state index in [9.17, 15) is 4.79 Å².